The normalized spacial score (nSPS) is 10.7. The number of carboxylic acids is 1. The first-order valence-electron chi connectivity index (χ1n) is 5.69. The molecule has 6 heteroatoms. The molecule has 0 aliphatic rings. The van der Waals surface area contributed by atoms with Gasteiger partial charge in [-0.05, 0) is 27.6 Å². The molecule has 0 spiro atoms. The first-order chi connectivity index (χ1) is 9.65. The lowest BCUT2D eigenvalue weighted by molar-refractivity contribution is 0.0692. The van der Waals surface area contributed by atoms with Gasteiger partial charge in [-0.3, -0.25) is 0 Å². The van der Waals surface area contributed by atoms with Gasteiger partial charge in [-0.2, -0.15) is 0 Å². The van der Waals surface area contributed by atoms with Gasteiger partial charge in [-0.15, -0.1) is 22.7 Å². The molecule has 3 rings (SSSR count). The van der Waals surface area contributed by atoms with Crippen LogP contribution in [0.1, 0.15) is 10.5 Å². The summed E-state index contributed by atoms with van der Waals surface area (Å²) in [4.78, 5) is 17.3. The smallest absolute Gasteiger partial charge is 0.356 e. The van der Waals surface area contributed by atoms with Crippen LogP contribution in [-0.2, 0) is 0 Å². The fourth-order valence-corrected chi connectivity index (χ4v) is 4.33. The van der Waals surface area contributed by atoms with Crippen molar-refractivity contribution in [2.75, 3.05) is 0 Å². The lowest BCUT2D eigenvalue weighted by Crippen LogP contribution is -1.98. The highest BCUT2D eigenvalue weighted by atomic mass is 79.9. The Bertz CT molecular complexity index is 765. The molecule has 1 aromatic carbocycles. The minimum absolute atomic E-state index is 0.112. The van der Waals surface area contributed by atoms with E-state index in [0.29, 0.717) is 4.88 Å². The average molecular weight is 366 g/mol. The Morgan fingerprint density at radius 1 is 1.25 bits per heavy atom. The third kappa shape index (κ3) is 2.54. The standard InChI is InChI=1S/C14H8BrNO2S2/c15-9-6-10(19-7-9)13-16-11(14(17)18)12(20-13)8-4-2-1-3-5-8/h1-7H,(H,17,18). The van der Waals surface area contributed by atoms with Crippen LogP contribution in [0.5, 0.6) is 0 Å². The van der Waals surface area contributed by atoms with Gasteiger partial charge in [0.2, 0.25) is 0 Å². The Hall–Kier alpha value is -1.50. The Morgan fingerprint density at radius 3 is 2.60 bits per heavy atom. The van der Waals surface area contributed by atoms with Crippen LogP contribution in [0.4, 0.5) is 0 Å². The first kappa shape index (κ1) is 13.5. The molecule has 100 valence electrons. The van der Waals surface area contributed by atoms with Crippen molar-refractivity contribution >= 4 is 44.6 Å². The van der Waals surface area contributed by atoms with E-state index in [1.54, 1.807) is 0 Å². The first-order valence-corrected chi connectivity index (χ1v) is 8.18. The second-order valence-corrected chi connectivity index (χ2v) is 6.82. The maximum Gasteiger partial charge on any atom is 0.356 e. The van der Waals surface area contributed by atoms with E-state index in [-0.39, 0.29) is 5.69 Å². The zero-order valence-corrected chi connectivity index (χ0v) is 13.3. The van der Waals surface area contributed by atoms with Crippen LogP contribution >= 0.6 is 38.6 Å². The van der Waals surface area contributed by atoms with Crippen molar-refractivity contribution in [2.24, 2.45) is 0 Å². The molecule has 0 bridgehead atoms. The van der Waals surface area contributed by atoms with Crippen LogP contribution in [0, 0.1) is 0 Å². The summed E-state index contributed by atoms with van der Waals surface area (Å²) in [7, 11) is 0. The summed E-state index contributed by atoms with van der Waals surface area (Å²) >= 11 is 6.34. The van der Waals surface area contributed by atoms with Crippen LogP contribution in [0.25, 0.3) is 20.3 Å². The molecule has 0 amide bonds. The molecule has 1 N–H and O–H groups in total. The van der Waals surface area contributed by atoms with E-state index in [4.69, 9.17) is 0 Å². The van der Waals surface area contributed by atoms with Gasteiger partial charge in [-0.25, -0.2) is 9.78 Å². The molecule has 3 nitrogen and oxygen atoms in total. The number of hydrogen-bond donors (Lipinski definition) is 1. The largest absolute Gasteiger partial charge is 0.476 e. The number of hydrogen-bond acceptors (Lipinski definition) is 4. The van der Waals surface area contributed by atoms with Crippen LogP contribution in [0.2, 0.25) is 0 Å². The predicted octanol–water partition coefficient (Wildman–Crippen LogP) is 5.00. The third-order valence-corrected chi connectivity index (χ3v) is 5.61. The number of halogens is 1. The molecule has 0 atom stereocenters. The van der Waals surface area contributed by atoms with Crippen LogP contribution in [-0.4, -0.2) is 16.1 Å². The maximum absolute atomic E-state index is 11.4. The Balaban J connectivity index is 2.15. The zero-order chi connectivity index (χ0) is 14.1. The van der Waals surface area contributed by atoms with Gasteiger partial charge < -0.3 is 5.11 Å². The fraction of sp³-hybridized carbons (Fsp3) is 0. The van der Waals surface area contributed by atoms with E-state index >= 15 is 0 Å². The number of thiophene rings is 1. The van der Waals surface area contributed by atoms with E-state index in [9.17, 15) is 9.90 Å². The summed E-state index contributed by atoms with van der Waals surface area (Å²) in [5.41, 5.74) is 0.991. The monoisotopic (exact) mass is 365 g/mol. The lowest BCUT2D eigenvalue weighted by Gasteiger charge is -1.97. The molecule has 0 radical (unpaired) electrons. The molecule has 0 saturated heterocycles. The van der Waals surface area contributed by atoms with Gasteiger partial charge >= 0.3 is 5.97 Å². The van der Waals surface area contributed by atoms with Crippen molar-refractivity contribution in [1.29, 1.82) is 0 Å². The van der Waals surface area contributed by atoms with Crippen molar-refractivity contribution in [2.45, 2.75) is 0 Å². The highest BCUT2D eigenvalue weighted by molar-refractivity contribution is 9.10. The molecule has 20 heavy (non-hydrogen) atoms. The summed E-state index contributed by atoms with van der Waals surface area (Å²) in [6, 6.07) is 11.4. The Kier molecular flexibility index (Phi) is 3.69. The summed E-state index contributed by atoms with van der Waals surface area (Å²) in [5, 5.41) is 12.0. The number of rotatable bonds is 3. The SMILES string of the molecule is O=C(O)c1nc(-c2cc(Br)cs2)sc1-c1ccccc1. The minimum Gasteiger partial charge on any atom is -0.476 e. The average Bonchev–Trinajstić information content (AvgIpc) is 3.05. The van der Waals surface area contributed by atoms with E-state index in [1.807, 2.05) is 41.8 Å². The molecule has 0 saturated carbocycles. The van der Waals surface area contributed by atoms with E-state index < -0.39 is 5.97 Å². The molecular formula is C14H8BrNO2S2. The zero-order valence-electron chi connectivity index (χ0n) is 10.0. The number of aromatic nitrogens is 1. The molecule has 0 fully saturated rings. The molecular weight excluding hydrogens is 358 g/mol. The van der Waals surface area contributed by atoms with Crippen molar-refractivity contribution in [3.63, 3.8) is 0 Å². The van der Waals surface area contributed by atoms with Crippen LogP contribution < -0.4 is 0 Å². The number of thiazole rings is 1. The third-order valence-electron chi connectivity index (χ3n) is 2.64. The van der Waals surface area contributed by atoms with Gasteiger partial charge in [0, 0.05) is 9.85 Å². The quantitative estimate of drug-likeness (QED) is 0.710. The summed E-state index contributed by atoms with van der Waals surface area (Å²) in [6.07, 6.45) is 0. The number of benzene rings is 1. The summed E-state index contributed by atoms with van der Waals surface area (Å²) in [5.74, 6) is -0.998. The van der Waals surface area contributed by atoms with Gasteiger partial charge in [0.1, 0.15) is 5.01 Å². The second-order valence-electron chi connectivity index (χ2n) is 4.00. The Morgan fingerprint density at radius 2 is 2.00 bits per heavy atom. The maximum atomic E-state index is 11.4. The number of carbonyl (C=O) groups is 1. The minimum atomic E-state index is -0.998. The van der Waals surface area contributed by atoms with E-state index in [1.165, 1.54) is 22.7 Å². The highest BCUT2D eigenvalue weighted by Gasteiger charge is 2.20. The van der Waals surface area contributed by atoms with Gasteiger partial charge in [-0.1, -0.05) is 30.3 Å². The van der Waals surface area contributed by atoms with Gasteiger partial charge in [0.05, 0.1) is 9.75 Å². The topological polar surface area (TPSA) is 50.2 Å². The molecule has 0 aliphatic heterocycles. The van der Waals surface area contributed by atoms with Gasteiger partial charge in [0.15, 0.2) is 5.69 Å². The van der Waals surface area contributed by atoms with Crippen molar-refractivity contribution < 1.29 is 9.90 Å². The van der Waals surface area contributed by atoms with Crippen LogP contribution in [0.3, 0.4) is 0 Å². The number of nitrogens with zero attached hydrogens (tertiary/aromatic N) is 1. The lowest BCUT2D eigenvalue weighted by atomic mass is 10.1. The van der Waals surface area contributed by atoms with E-state index in [0.717, 1.165) is 19.9 Å². The van der Waals surface area contributed by atoms with Crippen LogP contribution in [0.15, 0.2) is 46.3 Å². The van der Waals surface area contributed by atoms with Gasteiger partial charge in [0.25, 0.3) is 0 Å². The van der Waals surface area contributed by atoms with Crippen molar-refractivity contribution in [3.8, 4) is 20.3 Å². The van der Waals surface area contributed by atoms with E-state index in [2.05, 4.69) is 20.9 Å². The highest BCUT2D eigenvalue weighted by Crippen LogP contribution is 2.38. The second kappa shape index (κ2) is 5.47. The summed E-state index contributed by atoms with van der Waals surface area (Å²) in [6.45, 7) is 0. The number of carboxylic acid groups (broad SMARTS) is 1. The Labute approximate surface area is 131 Å². The molecule has 0 unspecified atom stereocenters. The molecule has 3 aromatic rings. The molecule has 2 aromatic heterocycles. The number of aromatic carboxylic acids is 1. The summed E-state index contributed by atoms with van der Waals surface area (Å²) < 4.78 is 0.978. The molecule has 2 heterocycles. The van der Waals surface area contributed by atoms with Crippen molar-refractivity contribution in [3.05, 3.63) is 51.9 Å². The predicted molar refractivity (Wildman–Crippen MR) is 85.5 cm³/mol. The fourth-order valence-electron chi connectivity index (χ4n) is 1.78. The molecule has 0 aliphatic carbocycles. The van der Waals surface area contributed by atoms with Crippen molar-refractivity contribution in [1.82, 2.24) is 4.98 Å².